The fourth-order valence-corrected chi connectivity index (χ4v) is 1.81. The molecule has 1 heterocycles. The Hall–Kier alpha value is -1.01. The van der Waals surface area contributed by atoms with E-state index in [1.54, 1.807) is 0 Å². The number of anilines is 2. The van der Waals surface area contributed by atoms with Gasteiger partial charge in [-0.1, -0.05) is 0 Å². The maximum atomic E-state index is 5.31. The average molecular weight is 241 g/mol. The molecule has 0 amide bonds. The molecule has 0 atom stereocenters. The summed E-state index contributed by atoms with van der Waals surface area (Å²) in [6.07, 6.45) is 4.50. The summed E-state index contributed by atoms with van der Waals surface area (Å²) in [7, 11) is 0. The van der Waals surface area contributed by atoms with Gasteiger partial charge in [-0.3, -0.25) is 0 Å². The van der Waals surface area contributed by atoms with Crippen molar-refractivity contribution in [3.8, 4) is 0 Å². The second-order valence-corrected chi connectivity index (χ2v) is 4.44. The van der Waals surface area contributed by atoms with Gasteiger partial charge in [-0.2, -0.15) is 11.8 Å². The molecule has 0 aliphatic carbocycles. The Labute approximate surface area is 101 Å². The van der Waals surface area contributed by atoms with Gasteiger partial charge >= 0.3 is 0 Å². The lowest BCUT2D eigenvalue weighted by molar-refractivity contribution is 0.837. The van der Waals surface area contributed by atoms with Crippen LogP contribution in [0.4, 0.5) is 11.6 Å². The van der Waals surface area contributed by atoms with E-state index in [2.05, 4.69) is 27.0 Å². The highest BCUT2D eigenvalue weighted by Gasteiger charge is 1.99. The van der Waals surface area contributed by atoms with Crippen LogP contribution in [0.5, 0.6) is 0 Å². The molecule has 0 aromatic carbocycles. The van der Waals surface area contributed by atoms with Crippen LogP contribution in [0.1, 0.15) is 18.7 Å². The van der Waals surface area contributed by atoms with Crippen LogP contribution in [0.2, 0.25) is 0 Å². The number of hydrogen-bond acceptors (Lipinski definition) is 6. The maximum absolute atomic E-state index is 5.31. The van der Waals surface area contributed by atoms with Gasteiger partial charge in [-0.25, -0.2) is 15.8 Å². The normalized spacial score (nSPS) is 10.2. The fraction of sp³-hybridized carbons (Fsp3) is 0.600. The molecule has 0 aliphatic heterocycles. The number of thioether (sulfide) groups is 1. The van der Waals surface area contributed by atoms with Crippen molar-refractivity contribution in [2.24, 2.45) is 5.84 Å². The summed E-state index contributed by atoms with van der Waals surface area (Å²) in [6, 6.07) is 1.81. The van der Waals surface area contributed by atoms with Crippen molar-refractivity contribution >= 4 is 23.4 Å². The summed E-state index contributed by atoms with van der Waals surface area (Å²) in [4.78, 5) is 8.40. The third-order valence-electron chi connectivity index (χ3n) is 2.07. The molecule has 5 nitrogen and oxygen atoms in total. The molecule has 0 aliphatic rings. The third kappa shape index (κ3) is 4.67. The molecule has 0 spiro atoms. The van der Waals surface area contributed by atoms with Gasteiger partial charge in [0.25, 0.3) is 0 Å². The zero-order chi connectivity index (χ0) is 11.8. The van der Waals surface area contributed by atoms with E-state index in [0.29, 0.717) is 11.6 Å². The van der Waals surface area contributed by atoms with Crippen LogP contribution in [-0.2, 0) is 0 Å². The maximum Gasteiger partial charge on any atom is 0.145 e. The van der Waals surface area contributed by atoms with E-state index < -0.39 is 0 Å². The molecule has 0 radical (unpaired) electrons. The Balaban J connectivity index is 2.38. The third-order valence-corrected chi connectivity index (χ3v) is 2.76. The number of nitrogens with two attached hydrogens (primary N) is 1. The Morgan fingerprint density at radius 3 is 2.75 bits per heavy atom. The van der Waals surface area contributed by atoms with E-state index in [9.17, 15) is 0 Å². The number of nitrogen functional groups attached to an aromatic ring is 1. The molecule has 0 fully saturated rings. The van der Waals surface area contributed by atoms with E-state index in [-0.39, 0.29) is 0 Å². The summed E-state index contributed by atoms with van der Waals surface area (Å²) >= 11 is 1.88. The molecule has 0 saturated heterocycles. The highest BCUT2D eigenvalue weighted by atomic mass is 32.2. The lowest BCUT2D eigenvalue weighted by Crippen LogP contribution is -2.11. The van der Waals surface area contributed by atoms with Gasteiger partial charge in [0, 0.05) is 12.6 Å². The SMILES string of the molecule is CSCCCCNc1cc(NN)nc(C)n1. The van der Waals surface area contributed by atoms with Gasteiger partial charge in [0.15, 0.2) is 0 Å². The van der Waals surface area contributed by atoms with Crippen molar-refractivity contribution in [2.75, 3.05) is 29.3 Å². The Morgan fingerprint density at radius 2 is 2.06 bits per heavy atom. The summed E-state index contributed by atoms with van der Waals surface area (Å²) in [5, 5.41) is 3.26. The minimum atomic E-state index is 0.638. The monoisotopic (exact) mass is 241 g/mol. The van der Waals surface area contributed by atoms with Crippen LogP contribution in [0.3, 0.4) is 0 Å². The van der Waals surface area contributed by atoms with Crippen LogP contribution in [0, 0.1) is 6.92 Å². The fourth-order valence-electron chi connectivity index (χ4n) is 1.32. The first kappa shape index (κ1) is 13.1. The lowest BCUT2D eigenvalue weighted by atomic mass is 10.3. The van der Waals surface area contributed by atoms with Crippen LogP contribution < -0.4 is 16.6 Å². The number of nitrogens with one attached hydrogen (secondary N) is 2. The summed E-state index contributed by atoms with van der Waals surface area (Å²) in [5.41, 5.74) is 2.52. The van der Waals surface area contributed by atoms with E-state index >= 15 is 0 Å². The van der Waals surface area contributed by atoms with E-state index in [0.717, 1.165) is 18.8 Å². The largest absolute Gasteiger partial charge is 0.370 e. The summed E-state index contributed by atoms with van der Waals surface area (Å²) in [5.74, 6) is 8.69. The first-order valence-corrected chi connectivity index (χ1v) is 6.70. The van der Waals surface area contributed by atoms with E-state index in [1.807, 2.05) is 24.8 Å². The second-order valence-electron chi connectivity index (χ2n) is 3.46. The predicted octanol–water partition coefficient (Wildman–Crippen LogP) is 1.63. The Kier molecular flexibility index (Phi) is 5.95. The van der Waals surface area contributed by atoms with E-state index in [4.69, 9.17) is 5.84 Å². The van der Waals surface area contributed by atoms with Crippen LogP contribution >= 0.6 is 11.8 Å². The first-order valence-electron chi connectivity index (χ1n) is 5.31. The molecule has 90 valence electrons. The molecule has 1 rings (SSSR count). The van der Waals surface area contributed by atoms with E-state index in [1.165, 1.54) is 12.2 Å². The number of aryl methyl sites for hydroxylation is 1. The lowest BCUT2D eigenvalue weighted by Gasteiger charge is -2.07. The number of hydrazine groups is 1. The van der Waals surface area contributed by atoms with Gasteiger partial charge < -0.3 is 10.7 Å². The predicted molar refractivity (Wildman–Crippen MR) is 70.7 cm³/mol. The molecule has 1 aromatic rings. The zero-order valence-electron chi connectivity index (χ0n) is 9.79. The van der Waals surface area contributed by atoms with Crippen LogP contribution in [-0.4, -0.2) is 28.5 Å². The number of hydrogen-bond donors (Lipinski definition) is 3. The molecule has 0 bridgehead atoms. The van der Waals surface area contributed by atoms with Gasteiger partial charge in [-0.05, 0) is 31.8 Å². The van der Waals surface area contributed by atoms with Crippen molar-refractivity contribution in [1.29, 1.82) is 0 Å². The van der Waals surface area contributed by atoms with Gasteiger partial charge in [-0.15, -0.1) is 0 Å². The summed E-state index contributed by atoms with van der Waals surface area (Å²) < 4.78 is 0. The number of nitrogens with zero attached hydrogens (tertiary/aromatic N) is 2. The van der Waals surface area contributed by atoms with Crippen molar-refractivity contribution in [3.05, 3.63) is 11.9 Å². The Morgan fingerprint density at radius 1 is 1.31 bits per heavy atom. The average Bonchev–Trinajstić information content (AvgIpc) is 2.28. The highest BCUT2D eigenvalue weighted by Crippen LogP contribution is 2.10. The molecule has 0 saturated carbocycles. The van der Waals surface area contributed by atoms with Crippen molar-refractivity contribution in [2.45, 2.75) is 19.8 Å². The topological polar surface area (TPSA) is 75.9 Å². The van der Waals surface area contributed by atoms with Crippen LogP contribution in [0.25, 0.3) is 0 Å². The Bertz CT molecular complexity index is 318. The zero-order valence-corrected chi connectivity index (χ0v) is 10.6. The smallest absolute Gasteiger partial charge is 0.145 e. The number of aromatic nitrogens is 2. The standard InChI is InChI=1S/C10H19N5S/c1-8-13-9(7-10(14-8)15-11)12-5-3-4-6-16-2/h7H,3-6,11H2,1-2H3,(H2,12,13,14,15). The van der Waals surface area contributed by atoms with Gasteiger partial charge in [0.2, 0.25) is 0 Å². The van der Waals surface area contributed by atoms with Crippen molar-refractivity contribution in [1.82, 2.24) is 9.97 Å². The van der Waals surface area contributed by atoms with Crippen molar-refractivity contribution in [3.63, 3.8) is 0 Å². The first-order chi connectivity index (χ1) is 7.76. The highest BCUT2D eigenvalue weighted by molar-refractivity contribution is 7.98. The number of rotatable bonds is 7. The quantitative estimate of drug-likeness (QED) is 0.383. The van der Waals surface area contributed by atoms with Crippen LogP contribution in [0.15, 0.2) is 6.07 Å². The van der Waals surface area contributed by atoms with Gasteiger partial charge in [0.05, 0.1) is 0 Å². The molecule has 0 unspecified atom stereocenters. The molecule has 1 aromatic heterocycles. The van der Waals surface area contributed by atoms with Crippen molar-refractivity contribution < 1.29 is 0 Å². The molecule has 4 N–H and O–H groups in total. The second kappa shape index (κ2) is 7.29. The minimum Gasteiger partial charge on any atom is -0.370 e. The summed E-state index contributed by atoms with van der Waals surface area (Å²) in [6.45, 7) is 2.78. The molecular weight excluding hydrogens is 222 g/mol. The van der Waals surface area contributed by atoms with Gasteiger partial charge in [0.1, 0.15) is 17.5 Å². The minimum absolute atomic E-state index is 0.638. The molecule has 6 heteroatoms. The number of unbranched alkanes of at least 4 members (excludes halogenated alkanes) is 1. The molecular formula is C10H19N5S. The molecule has 16 heavy (non-hydrogen) atoms.